The lowest BCUT2D eigenvalue weighted by molar-refractivity contribution is 0.125. The molecule has 0 heterocycles. The highest BCUT2D eigenvalue weighted by Gasteiger charge is 2.33. The first-order valence-electron chi connectivity index (χ1n) is 6.90. The summed E-state index contributed by atoms with van der Waals surface area (Å²) in [5, 5.41) is 12.7. The lowest BCUT2D eigenvalue weighted by atomic mass is 9.80. The highest BCUT2D eigenvalue weighted by Crippen LogP contribution is 2.38. The van der Waals surface area contributed by atoms with Gasteiger partial charge >= 0.3 is 0 Å². The summed E-state index contributed by atoms with van der Waals surface area (Å²) >= 11 is 12.2. The number of hydrogen-bond acceptors (Lipinski definition) is 1. The van der Waals surface area contributed by atoms with Crippen molar-refractivity contribution in [2.75, 3.05) is 0 Å². The van der Waals surface area contributed by atoms with E-state index < -0.39 is 5.60 Å². The third-order valence-corrected chi connectivity index (χ3v) is 4.15. The molecule has 0 bridgehead atoms. The summed E-state index contributed by atoms with van der Waals surface area (Å²) in [5.41, 5.74) is 0.860. The second-order valence-electron chi connectivity index (χ2n) is 5.10. The monoisotopic (exact) mass is 328 g/mol. The molecule has 3 rings (SSSR count). The zero-order valence-corrected chi connectivity index (χ0v) is 13.2. The Balaban J connectivity index is 2.27. The van der Waals surface area contributed by atoms with Gasteiger partial charge in [-0.15, -0.1) is 0 Å². The highest BCUT2D eigenvalue weighted by atomic mass is 35.5. The number of rotatable bonds is 3. The topological polar surface area (TPSA) is 20.2 Å². The van der Waals surface area contributed by atoms with Crippen molar-refractivity contribution in [2.45, 2.75) is 5.60 Å². The van der Waals surface area contributed by atoms with Crippen molar-refractivity contribution in [3.8, 4) is 0 Å². The van der Waals surface area contributed by atoms with Crippen molar-refractivity contribution in [2.24, 2.45) is 0 Å². The van der Waals surface area contributed by atoms with Crippen LogP contribution in [0.3, 0.4) is 0 Å². The van der Waals surface area contributed by atoms with Crippen LogP contribution in [0.2, 0.25) is 10.0 Å². The normalized spacial score (nSPS) is 11.4. The fourth-order valence-corrected chi connectivity index (χ4v) is 2.99. The van der Waals surface area contributed by atoms with Gasteiger partial charge in [0.15, 0.2) is 0 Å². The van der Waals surface area contributed by atoms with Gasteiger partial charge in [0.2, 0.25) is 0 Å². The number of aliphatic hydroxyl groups is 1. The van der Waals surface area contributed by atoms with E-state index in [1.807, 2.05) is 54.6 Å². The molecule has 0 aromatic heterocycles. The third-order valence-electron chi connectivity index (χ3n) is 3.68. The SMILES string of the molecule is OC(c1ccccc1)(c1cccc(Cl)c1)c1cccc(Cl)c1. The summed E-state index contributed by atoms with van der Waals surface area (Å²) < 4.78 is 0. The summed E-state index contributed by atoms with van der Waals surface area (Å²) in [6.45, 7) is 0. The highest BCUT2D eigenvalue weighted by molar-refractivity contribution is 6.31. The van der Waals surface area contributed by atoms with Gasteiger partial charge in [-0.2, -0.15) is 0 Å². The first-order chi connectivity index (χ1) is 10.6. The van der Waals surface area contributed by atoms with Crippen molar-refractivity contribution in [3.63, 3.8) is 0 Å². The van der Waals surface area contributed by atoms with Gasteiger partial charge in [0, 0.05) is 10.0 Å². The lowest BCUT2D eigenvalue weighted by Crippen LogP contribution is -2.28. The van der Waals surface area contributed by atoms with Crippen molar-refractivity contribution < 1.29 is 5.11 Å². The average Bonchev–Trinajstić information content (AvgIpc) is 2.55. The molecule has 1 N–H and O–H groups in total. The molecule has 0 aliphatic rings. The molecule has 3 aromatic carbocycles. The molecule has 0 amide bonds. The van der Waals surface area contributed by atoms with Crippen LogP contribution >= 0.6 is 23.2 Å². The molecule has 3 heteroatoms. The Morgan fingerprint density at radius 1 is 0.591 bits per heavy atom. The largest absolute Gasteiger partial charge is 0.376 e. The van der Waals surface area contributed by atoms with E-state index in [0.717, 1.165) is 5.56 Å². The molecule has 3 aromatic rings. The van der Waals surface area contributed by atoms with Crippen molar-refractivity contribution in [3.05, 3.63) is 106 Å². The van der Waals surface area contributed by atoms with E-state index in [4.69, 9.17) is 23.2 Å². The van der Waals surface area contributed by atoms with Gasteiger partial charge in [0.25, 0.3) is 0 Å². The van der Waals surface area contributed by atoms with Crippen molar-refractivity contribution >= 4 is 23.2 Å². The van der Waals surface area contributed by atoms with Gasteiger partial charge in [-0.05, 0) is 41.0 Å². The van der Waals surface area contributed by atoms with E-state index >= 15 is 0 Å². The van der Waals surface area contributed by atoms with Gasteiger partial charge in [-0.3, -0.25) is 0 Å². The Morgan fingerprint density at radius 3 is 1.50 bits per heavy atom. The van der Waals surface area contributed by atoms with Crippen LogP contribution in [0.5, 0.6) is 0 Å². The Hall–Kier alpha value is -1.80. The maximum absolute atomic E-state index is 11.6. The third kappa shape index (κ3) is 2.76. The van der Waals surface area contributed by atoms with Crippen molar-refractivity contribution in [1.29, 1.82) is 0 Å². The van der Waals surface area contributed by atoms with E-state index in [1.165, 1.54) is 0 Å². The maximum Gasteiger partial charge on any atom is 0.140 e. The minimum atomic E-state index is -1.31. The molecular weight excluding hydrogens is 315 g/mol. The molecule has 0 fully saturated rings. The van der Waals surface area contributed by atoms with Crippen LogP contribution in [0.4, 0.5) is 0 Å². The van der Waals surface area contributed by atoms with Crippen LogP contribution in [-0.2, 0) is 5.60 Å². The molecule has 0 radical (unpaired) electrons. The molecule has 1 nitrogen and oxygen atoms in total. The van der Waals surface area contributed by atoms with Crippen LogP contribution in [0.25, 0.3) is 0 Å². The van der Waals surface area contributed by atoms with Gasteiger partial charge in [0.1, 0.15) is 5.60 Å². The van der Waals surface area contributed by atoms with Crippen LogP contribution < -0.4 is 0 Å². The van der Waals surface area contributed by atoms with E-state index in [0.29, 0.717) is 21.2 Å². The molecule has 110 valence electrons. The Bertz CT molecular complexity index is 739. The fraction of sp³-hybridized carbons (Fsp3) is 0.0526. The summed E-state index contributed by atoms with van der Waals surface area (Å²) in [5.74, 6) is 0. The van der Waals surface area contributed by atoms with Crippen LogP contribution in [0.1, 0.15) is 16.7 Å². The molecule has 0 atom stereocenters. The van der Waals surface area contributed by atoms with E-state index in [2.05, 4.69) is 0 Å². The summed E-state index contributed by atoms with van der Waals surface area (Å²) in [6.07, 6.45) is 0. The molecule has 0 saturated carbocycles. The average molecular weight is 329 g/mol. The smallest absolute Gasteiger partial charge is 0.140 e. The van der Waals surface area contributed by atoms with Gasteiger partial charge < -0.3 is 5.11 Å². The minimum Gasteiger partial charge on any atom is -0.376 e. The Labute approximate surface area is 139 Å². The van der Waals surface area contributed by atoms with Gasteiger partial charge in [0.05, 0.1) is 0 Å². The predicted octanol–water partition coefficient (Wildman–Crippen LogP) is 5.28. The predicted molar refractivity (Wildman–Crippen MR) is 91.4 cm³/mol. The number of benzene rings is 3. The molecule has 0 unspecified atom stereocenters. The molecular formula is C19H14Cl2O. The summed E-state index contributed by atoms with van der Waals surface area (Å²) in [6, 6.07) is 24.0. The molecule has 22 heavy (non-hydrogen) atoms. The summed E-state index contributed by atoms with van der Waals surface area (Å²) in [4.78, 5) is 0. The number of hydrogen-bond donors (Lipinski definition) is 1. The second kappa shape index (κ2) is 6.13. The van der Waals surface area contributed by atoms with Crippen LogP contribution in [0.15, 0.2) is 78.9 Å². The van der Waals surface area contributed by atoms with Crippen molar-refractivity contribution in [1.82, 2.24) is 0 Å². The Morgan fingerprint density at radius 2 is 1.05 bits per heavy atom. The molecule has 0 saturated heterocycles. The van der Waals surface area contributed by atoms with E-state index in [1.54, 1.807) is 24.3 Å². The first-order valence-corrected chi connectivity index (χ1v) is 7.66. The zero-order chi connectivity index (χ0) is 15.6. The molecule has 0 aliphatic carbocycles. The first kappa shape index (κ1) is 15.1. The van der Waals surface area contributed by atoms with Crippen LogP contribution in [0, 0.1) is 0 Å². The quantitative estimate of drug-likeness (QED) is 0.648. The molecule has 0 aliphatic heterocycles. The maximum atomic E-state index is 11.6. The zero-order valence-electron chi connectivity index (χ0n) is 11.7. The van der Waals surface area contributed by atoms with Gasteiger partial charge in [-0.1, -0.05) is 77.8 Å². The Kier molecular flexibility index (Phi) is 4.21. The second-order valence-corrected chi connectivity index (χ2v) is 5.97. The standard InChI is InChI=1S/C19H14Cl2O/c20-17-10-4-8-15(12-17)19(22,14-6-2-1-3-7-14)16-9-5-11-18(21)13-16/h1-13,22H. The molecule has 0 spiro atoms. The lowest BCUT2D eigenvalue weighted by Gasteiger charge is -2.30. The number of halogens is 2. The van der Waals surface area contributed by atoms with Crippen LogP contribution in [-0.4, -0.2) is 5.11 Å². The fourth-order valence-electron chi connectivity index (χ4n) is 2.61. The summed E-state index contributed by atoms with van der Waals surface area (Å²) in [7, 11) is 0. The van der Waals surface area contributed by atoms with E-state index in [-0.39, 0.29) is 0 Å². The van der Waals surface area contributed by atoms with E-state index in [9.17, 15) is 5.11 Å². The van der Waals surface area contributed by atoms with Gasteiger partial charge in [-0.25, -0.2) is 0 Å². The minimum absolute atomic E-state index is 0.578.